The Morgan fingerprint density at radius 3 is 2.52 bits per heavy atom. The summed E-state index contributed by atoms with van der Waals surface area (Å²) in [5, 5.41) is 0. The van der Waals surface area contributed by atoms with Gasteiger partial charge in [0.2, 0.25) is 0 Å². The van der Waals surface area contributed by atoms with E-state index >= 15 is 0 Å². The molecule has 0 saturated heterocycles. The van der Waals surface area contributed by atoms with Crippen LogP contribution in [0.15, 0.2) is 77.6 Å². The summed E-state index contributed by atoms with van der Waals surface area (Å²) in [5.74, 6) is 1.44. The second-order valence-corrected chi connectivity index (χ2v) is 6.12. The van der Waals surface area contributed by atoms with Crippen LogP contribution in [0.4, 0.5) is 0 Å². The lowest BCUT2D eigenvalue weighted by atomic mass is 9.96. The maximum atomic E-state index is 12.1. The van der Waals surface area contributed by atoms with Crippen LogP contribution < -0.4 is 4.74 Å². The molecule has 0 unspecified atom stereocenters. The lowest BCUT2D eigenvalue weighted by Crippen LogP contribution is -2.07. The van der Waals surface area contributed by atoms with Gasteiger partial charge in [-0.2, -0.15) is 0 Å². The summed E-state index contributed by atoms with van der Waals surface area (Å²) >= 11 is 0. The molecular formula is C22H18O3. The average molecular weight is 330 g/mol. The molecule has 0 atom stereocenters. The smallest absolute Gasteiger partial charge is 0.159 e. The summed E-state index contributed by atoms with van der Waals surface area (Å²) in [5.41, 5.74) is 4.30. The zero-order valence-electron chi connectivity index (χ0n) is 13.8. The largest absolute Gasteiger partial charge is 0.472 e. The molecule has 2 aromatic carbocycles. The molecule has 0 bridgehead atoms. The third-order valence-electron chi connectivity index (χ3n) is 4.38. The van der Waals surface area contributed by atoms with E-state index in [0.29, 0.717) is 17.9 Å². The highest BCUT2D eigenvalue weighted by Crippen LogP contribution is 2.29. The molecule has 1 aliphatic rings. The Morgan fingerprint density at radius 2 is 1.72 bits per heavy atom. The van der Waals surface area contributed by atoms with E-state index in [1.54, 1.807) is 18.6 Å². The molecule has 3 nitrogen and oxygen atoms in total. The SMILES string of the molecule is O=C1/C=C(/Oc2ccc(-c3ccoc3)cc2)c2ccccc2CCC1. The number of hydrogen-bond acceptors (Lipinski definition) is 3. The van der Waals surface area contributed by atoms with Gasteiger partial charge in [0.1, 0.15) is 11.5 Å². The van der Waals surface area contributed by atoms with Crippen LogP contribution in [0, 0.1) is 0 Å². The van der Waals surface area contributed by atoms with Crippen LogP contribution in [0.1, 0.15) is 24.0 Å². The fraction of sp³-hybridized carbons (Fsp3) is 0.136. The highest BCUT2D eigenvalue weighted by atomic mass is 16.5. The lowest BCUT2D eigenvalue weighted by molar-refractivity contribution is -0.114. The van der Waals surface area contributed by atoms with E-state index in [9.17, 15) is 4.79 Å². The maximum Gasteiger partial charge on any atom is 0.159 e. The van der Waals surface area contributed by atoms with Crippen molar-refractivity contribution in [3.63, 3.8) is 0 Å². The lowest BCUT2D eigenvalue weighted by Gasteiger charge is -2.16. The quantitative estimate of drug-likeness (QED) is 0.656. The Hall–Kier alpha value is -3.07. The molecule has 1 heterocycles. The minimum Gasteiger partial charge on any atom is -0.472 e. The van der Waals surface area contributed by atoms with Crippen molar-refractivity contribution in [1.29, 1.82) is 0 Å². The van der Waals surface area contributed by atoms with E-state index in [0.717, 1.165) is 29.5 Å². The number of aryl methyl sites for hydroxylation is 1. The van der Waals surface area contributed by atoms with E-state index in [1.165, 1.54) is 5.56 Å². The van der Waals surface area contributed by atoms with Crippen molar-refractivity contribution < 1.29 is 13.9 Å². The standard InChI is InChI=1S/C22H18O3/c23-19-6-3-5-17-4-1-2-7-21(17)22(14-19)25-20-10-8-16(9-11-20)18-12-13-24-15-18/h1-2,4,7-15H,3,5-6H2/b22-14+. The molecule has 0 aliphatic heterocycles. The minimum absolute atomic E-state index is 0.111. The Balaban J connectivity index is 1.64. The van der Waals surface area contributed by atoms with Gasteiger partial charge in [0, 0.05) is 23.6 Å². The summed E-state index contributed by atoms with van der Waals surface area (Å²) < 4.78 is 11.2. The Labute approximate surface area is 146 Å². The van der Waals surface area contributed by atoms with Crippen LogP contribution in [-0.4, -0.2) is 5.78 Å². The van der Waals surface area contributed by atoms with Crippen LogP contribution in [0.25, 0.3) is 16.9 Å². The van der Waals surface area contributed by atoms with Crippen LogP contribution in [0.2, 0.25) is 0 Å². The zero-order chi connectivity index (χ0) is 17.1. The van der Waals surface area contributed by atoms with Gasteiger partial charge in [0.25, 0.3) is 0 Å². The predicted octanol–water partition coefficient (Wildman–Crippen LogP) is 5.27. The number of furan rings is 1. The molecule has 0 N–H and O–H groups in total. The van der Waals surface area contributed by atoms with E-state index in [4.69, 9.17) is 9.15 Å². The fourth-order valence-corrected chi connectivity index (χ4v) is 3.08. The van der Waals surface area contributed by atoms with Gasteiger partial charge in [-0.3, -0.25) is 4.79 Å². The number of ether oxygens (including phenoxy) is 1. The number of carbonyl (C=O) groups excluding carboxylic acids is 1. The summed E-state index contributed by atoms with van der Waals surface area (Å²) in [6, 6.07) is 17.8. The molecule has 4 rings (SSSR count). The average Bonchev–Trinajstić information content (AvgIpc) is 3.15. The number of allylic oxidation sites excluding steroid dienone is 1. The zero-order valence-corrected chi connectivity index (χ0v) is 13.8. The van der Waals surface area contributed by atoms with E-state index in [-0.39, 0.29) is 5.78 Å². The summed E-state index contributed by atoms with van der Waals surface area (Å²) in [6.07, 6.45) is 7.31. The maximum absolute atomic E-state index is 12.1. The second-order valence-electron chi connectivity index (χ2n) is 6.12. The molecule has 124 valence electrons. The minimum atomic E-state index is 0.111. The van der Waals surface area contributed by atoms with E-state index < -0.39 is 0 Å². The summed E-state index contributed by atoms with van der Waals surface area (Å²) in [6.45, 7) is 0. The van der Waals surface area contributed by atoms with Crippen LogP contribution in [0.3, 0.4) is 0 Å². The monoisotopic (exact) mass is 330 g/mol. The summed E-state index contributed by atoms with van der Waals surface area (Å²) in [4.78, 5) is 12.1. The normalized spacial score (nSPS) is 16.3. The van der Waals surface area contributed by atoms with Gasteiger partial charge in [-0.1, -0.05) is 36.4 Å². The number of fused-ring (bicyclic) bond motifs is 1. The van der Waals surface area contributed by atoms with Crippen molar-refractivity contribution in [2.45, 2.75) is 19.3 Å². The van der Waals surface area contributed by atoms with Gasteiger partial charge in [0.05, 0.1) is 12.5 Å². The number of hydrogen-bond donors (Lipinski definition) is 0. The summed E-state index contributed by atoms with van der Waals surface area (Å²) in [7, 11) is 0. The number of rotatable bonds is 3. The Morgan fingerprint density at radius 1 is 0.880 bits per heavy atom. The van der Waals surface area contributed by atoms with Gasteiger partial charge >= 0.3 is 0 Å². The third kappa shape index (κ3) is 3.41. The third-order valence-corrected chi connectivity index (χ3v) is 4.38. The molecular weight excluding hydrogens is 312 g/mol. The second kappa shape index (κ2) is 6.81. The van der Waals surface area contributed by atoms with Crippen molar-refractivity contribution in [2.75, 3.05) is 0 Å². The first-order chi connectivity index (χ1) is 12.3. The van der Waals surface area contributed by atoms with Gasteiger partial charge in [-0.15, -0.1) is 0 Å². The van der Waals surface area contributed by atoms with Crippen LogP contribution >= 0.6 is 0 Å². The highest BCUT2D eigenvalue weighted by molar-refractivity contribution is 5.96. The molecule has 0 amide bonds. The molecule has 3 aromatic rings. The van der Waals surface area contributed by atoms with Gasteiger partial charge in [-0.05, 0) is 42.2 Å². The van der Waals surface area contributed by atoms with Crippen LogP contribution in [0.5, 0.6) is 5.75 Å². The van der Waals surface area contributed by atoms with Gasteiger partial charge < -0.3 is 9.15 Å². The van der Waals surface area contributed by atoms with Gasteiger partial charge in [0.15, 0.2) is 5.78 Å². The first-order valence-corrected chi connectivity index (χ1v) is 8.43. The fourth-order valence-electron chi connectivity index (χ4n) is 3.08. The van der Waals surface area contributed by atoms with Crippen molar-refractivity contribution in [2.24, 2.45) is 0 Å². The first kappa shape index (κ1) is 15.5. The molecule has 0 fully saturated rings. The Bertz CT molecular complexity index is 903. The Kier molecular flexibility index (Phi) is 4.21. The van der Waals surface area contributed by atoms with Crippen LogP contribution in [-0.2, 0) is 11.2 Å². The van der Waals surface area contributed by atoms with Crippen molar-refractivity contribution in [3.8, 4) is 16.9 Å². The van der Waals surface area contributed by atoms with Crippen molar-refractivity contribution in [1.82, 2.24) is 0 Å². The van der Waals surface area contributed by atoms with E-state index in [2.05, 4.69) is 6.07 Å². The molecule has 25 heavy (non-hydrogen) atoms. The highest BCUT2D eigenvalue weighted by Gasteiger charge is 2.15. The van der Waals surface area contributed by atoms with Crippen molar-refractivity contribution in [3.05, 3.63) is 84.3 Å². The molecule has 3 heteroatoms. The molecule has 0 saturated carbocycles. The molecule has 0 radical (unpaired) electrons. The topological polar surface area (TPSA) is 39.4 Å². The predicted molar refractivity (Wildman–Crippen MR) is 97.1 cm³/mol. The molecule has 1 aromatic heterocycles. The number of ketones is 1. The molecule has 1 aliphatic carbocycles. The number of carbonyl (C=O) groups is 1. The molecule has 0 spiro atoms. The van der Waals surface area contributed by atoms with Crippen molar-refractivity contribution >= 4 is 11.5 Å². The first-order valence-electron chi connectivity index (χ1n) is 8.43. The van der Waals surface area contributed by atoms with E-state index in [1.807, 2.05) is 48.5 Å². The number of benzene rings is 2. The van der Waals surface area contributed by atoms with Gasteiger partial charge in [-0.25, -0.2) is 0 Å².